The molecule has 6 nitrogen and oxygen atoms in total. The van der Waals surface area contributed by atoms with E-state index in [9.17, 15) is 5.11 Å². The van der Waals surface area contributed by atoms with Crippen LogP contribution in [-0.4, -0.2) is 63.2 Å². The highest BCUT2D eigenvalue weighted by molar-refractivity contribution is 5.76. The van der Waals surface area contributed by atoms with Crippen molar-refractivity contribution in [3.8, 4) is 11.5 Å². The molecule has 0 bridgehead atoms. The van der Waals surface area contributed by atoms with E-state index in [0.29, 0.717) is 0 Å². The number of aliphatic hydroxyl groups is 1. The van der Waals surface area contributed by atoms with Crippen molar-refractivity contribution in [1.29, 1.82) is 0 Å². The van der Waals surface area contributed by atoms with Crippen molar-refractivity contribution in [2.24, 2.45) is 0 Å². The molecule has 2 heterocycles. The van der Waals surface area contributed by atoms with Crippen LogP contribution in [0, 0.1) is 0 Å². The largest absolute Gasteiger partial charge is 0.496 e. The number of ether oxygens (including phenoxy) is 2. The van der Waals surface area contributed by atoms with Crippen molar-refractivity contribution in [1.82, 2.24) is 10.2 Å². The molecule has 6 heteroatoms. The zero-order valence-electron chi connectivity index (χ0n) is 17.5. The molecule has 1 unspecified atom stereocenters. The first-order valence-electron chi connectivity index (χ1n) is 10.3. The Bertz CT molecular complexity index is 933. The molecule has 158 valence electrons. The summed E-state index contributed by atoms with van der Waals surface area (Å²) in [6, 6.07) is 16.0. The van der Waals surface area contributed by atoms with Gasteiger partial charge in [0.05, 0.1) is 19.9 Å². The molecule has 30 heavy (non-hydrogen) atoms. The predicted octanol–water partition coefficient (Wildman–Crippen LogP) is 2.71. The van der Waals surface area contributed by atoms with Crippen LogP contribution in [0.1, 0.15) is 5.56 Å². The quantitative estimate of drug-likeness (QED) is 0.768. The van der Waals surface area contributed by atoms with Crippen LogP contribution >= 0.6 is 0 Å². The maximum absolute atomic E-state index is 10.5. The molecule has 1 atom stereocenters. The monoisotopic (exact) mass is 407 g/mol. The van der Waals surface area contributed by atoms with E-state index in [1.54, 1.807) is 14.2 Å². The number of hydrogen-bond donors (Lipinski definition) is 2. The normalized spacial score (nSPS) is 19.6. The second-order valence-electron chi connectivity index (χ2n) is 7.52. The van der Waals surface area contributed by atoms with Crippen molar-refractivity contribution >= 4 is 11.3 Å². The third-order valence-electron chi connectivity index (χ3n) is 5.68. The number of benzene rings is 2. The van der Waals surface area contributed by atoms with Gasteiger partial charge in [0.15, 0.2) is 6.23 Å². The van der Waals surface area contributed by atoms with E-state index >= 15 is 0 Å². The summed E-state index contributed by atoms with van der Waals surface area (Å²) in [5, 5.41) is 13.6. The fourth-order valence-electron chi connectivity index (χ4n) is 4.09. The van der Waals surface area contributed by atoms with Gasteiger partial charge in [0.25, 0.3) is 0 Å². The lowest BCUT2D eigenvalue weighted by Crippen LogP contribution is -2.47. The number of methoxy groups -OCH3 is 2. The number of para-hydroxylation sites is 3. The average molecular weight is 408 g/mol. The molecule has 4 rings (SSSR count). The van der Waals surface area contributed by atoms with E-state index < -0.39 is 6.23 Å². The second-order valence-corrected chi connectivity index (χ2v) is 7.52. The summed E-state index contributed by atoms with van der Waals surface area (Å²) in [5.74, 6) is 1.68. The van der Waals surface area contributed by atoms with Gasteiger partial charge in [-0.25, -0.2) is 0 Å². The number of nitrogens with one attached hydrogen (secondary N) is 1. The van der Waals surface area contributed by atoms with Crippen LogP contribution < -0.4 is 19.7 Å². The van der Waals surface area contributed by atoms with Crippen LogP contribution in [-0.2, 0) is 0 Å². The SMILES string of the molecule is COc1ccccc1C1=CC(CN2CCN(c3ccccc3OC)CC2)=CNC1O. The molecule has 0 spiro atoms. The van der Waals surface area contributed by atoms with Crippen LogP contribution in [0.3, 0.4) is 0 Å². The van der Waals surface area contributed by atoms with Gasteiger partial charge < -0.3 is 24.8 Å². The van der Waals surface area contributed by atoms with Crippen molar-refractivity contribution < 1.29 is 14.6 Å². The highest BCUT2D eigenvalue weighted by Gasteiger charge is 2.23. The Morgan fingerprint density at radius 1 is 0.933 bits per heavy atom. The van der Waals surface area contributed by atoms with E-state index in [1.807, 2.05) is 42.6 Å². The van der Waals surface area contributed by atoms with E-state index in [-0.39, 0.29) is 0 Å². The minimum Gasteiger partial charge on any atom is -0.496 e. The van der Waals surface area contributed by atoms with E-state index in [1.165, 1.54) is 0 Å². The summed E-state index contributed by atoms with van der Waals surface area (Å²) in [4.78, 5) is 4.82. The molecule has 0 aromatic heterocycles. The lowest BCUT2D eigenvalue weighted by molar-refractivity contribution is 0.208. The molecule has 2 aromatic carbocycles. The molecule has 0 amide bonds. The molecule has 2 aliphatic heterocycles. The lowest BCUT2D eigenvalue weighted by atomic mass is 9.98. The van der Waals surface area contributed by atoms with Crippen LogP contribution in [0.5, 0.6) is 11.5 Å². The third kappa shape index (κ3) is 4.30. The van der Waals surface area contributed by atoms with Gasteiger partial charge in [0, 0.05) is 50.1 Å². The van der Waals surface area contributed by atoms with Gasteiger partial charge in [-0.3, -0.25) is 4.90 Å². The van der Waals surface area contributed by atoms with Gasteiger partial charge in [0.2, 0.25) is 0 Å². The molecule has 0 radical (unpaired) electrons. The highest BCUT2D eigenvalue weighted by Crippen LogP contribution is 2.31. The topological polar surface area (TPSA) is 57.2 Å². The van der Waals surface area contributed by atoms with Gasteiger partial charge in [-0.2, -0.15) is 0 Å². The standard InChI is InChI=1S/C24H29N3O3/c1-29-22-9-5-3-7-19(22)20-15-18(16-25-24(20)28)17-26-11-13-27(14-12-26)21-8-4-6-10-23(21)30-2/h3-10,15-16,24-25,28H,11-14,17H2,1-2H3. The summed E-state index contributed by atoms with van der Waals surface area (Å²) in [7, 11) is 3.37. The number of dihydropyridines is 1. The maximum atomic E-state index is 10.5. The average Bonchev–Trinajstić information content (AvgIpc) is 2.81. The zero-order chi connectivity index (χ0) is 20.9. The number of piperazine rings is 1. The van der Waals surface area contributed by atoms with E-state index in [4.69, 9.17) is 9.47 Å². The van der Waals surface area contributed by atoms with Gasteiger partial charge in [-0.15, -0.1) is 0 Å². The molecule has 1 fully saturated rings. The number of nitrogens with zero attached hydrogens (tertiary/aromatic N) is 2. The Hall–Kier alpha value is -2.96. The first kappa shape index (κ1) is 20.3. The zero-order valence-corrected chi connectivity index (χ0v) is 17.5. The fourth-order valence-corrected chi connectivity index (χ4v) is 4.09. The van der Waals surface area contributed by atoms with Gasteiger partial charge >= 0.3 is 0 Å². The molecule has 0 aliphatic carbocycles. The first-order valence-corrected chi connectivity index (χ1v) is 10.3. The summed E-state index contributed by atoms with van der Waals surface area (Å²) in [6.07, 6.45) is 3.24. The van der Waals surface area contributed by atoms with Crippen molar-refractivity contribution in [2.45, 2.75) is 6.23 Å². The number of hydrogen-bond acceptors (Lipinski definition) is 6. The minimum atomic E-state index is -0.743. The molecular weight excluding hydrogens is 378 g/mol. The Morgan fingerprint density at radius 2 is 1.60 bits per heavy atom. The Morgan fingerprint density at radius 3 is 2.33 bits per heavy atom. The van der Waals surface area contributed by atoms with Gasteiger partial charge in [-0.1, -0.05) is 30.3 Å². The molecular formula is C24H29N3O3. The fraction of sp³-hybridized carbons (Fsp3) is 0.333. The number of aliphatic hydroxyl groups excluding tert-OH is 1. The summed E-state index contributed by atoms with van der Waals surface area (Å²) in [6.45, 7) is 4.67. The number of rotatable bonds is 6. The minimum absolute atomic E-state index is 0.743. The summed E-state index contributed by atoms with van der Waals surface area (Å²) >= 11 is 0. The smallest absolute Gasteiger partial charge is 0.151 e. The van der Waals surface area contributed by atoms with Crippen LogP contribution in [0.15, 0.2) is 66.4 Å². The summed E-state index contributed by atoms with van der Waals surface area (Å²) in [5.41, 5.74) is 4.04. The Labute approximate surface area is 178 Å². The summed E-state index contributed by atoms with van der Waals surface area (Å²) < 4.78 is 11.0. The van der Waals surface area contributed by atoms with Crippen molar-refractivity contribution in [3.63, 3.8) is 0 Å². The van der Waals surface area contributed by atoms with Gasteiger partial charge in [0.1, 0.15) is 11.5 Å². The van der Waals surface area contributed by atoms with Crippen LogP contribution in [0.25, 0.3) is 5.57 Å². The molecule has 2 aromatic rings. The Balaban J connectivity index is 1.42. The van der Waals surface area contributed by atoms with Crippen LogP contribution in [0.2, 0.25) is 0 Å². The lowest BCUT2D eigenvalue weighted by Gasteiger charge is -2.37. The van der Waals surface area contributed by atoms with E-state index in [2.05, 4.69) is 33.3 Å². The molecule has 1 saturated heterocycles. The molecule has 0 saturated carbocycles. The van der Waals surface area contributed by atoms with Gasteiger partial charge in [-0.05, 0) is 29.8 Å². The highest BCUT2D eigenvalue weighted by atomic mass is 16.5. The molecule has 2 aliphatic rings. The Kier molecular flexibility index (Phi) is 6.26. The van der Waals surface area contributed by atoms with Crippen molar-refractivity contribution in [3.05, 3.63) is 71.9 Å². The number of anilines is 1. The maximum Gasteiger partial charge on any atom is 0.151 e. The second kappa shape index (κ2) is 9.24. The first-order chi connectivity index (χ1) is 14.7. The third-order valence-corrected chi connectivity index (χ3v) is 5.68. The van der Waals surface area contributed by atoms with E-state index in [0.717, 1.165) is 66.6 Å². The molecule has 2 N–H and O–H groups in total. The van der Waals surface area contributed by atoms with Crippen molar-refractivity contribution in [2.75, 3.05) is 51.8 Å². The predicted molar refractivity (Wildman–Crippen MR) is 120 cm³/mol. The van der Waals surface area contributed by atoms with Crippen LogP contribution in [0.4, 0.5) is 5.69 Å².